The molecule has 1 aromatic heterocycles. The Morgan fingerprint density at radius 2 is 2.11 bits per heavy atom. The van der Waals surface area contributed by atoms with Gasteiger partial charge >= 0.3 is 0 Å². The Balaban J connectivity index is 1.37. The number of benzene rings is 1. The molecule has 1 amide bonds. The van der Waals surface area contributed by atoms with Crippen molar-refractivity contribution in [3.8, 4) is 0 Å². The maximum atomic E-state index is 12.2. The van der Waals surface area contributed by atoms with Gasteiger partial charge < -0.3 is 10.6 Å². The van der Waals surface area contributed by atoms with Crippen LogP contribution < -0.4 is 10.6 Å². The van der Waals surface area contributed by atoms with Crippen LogP contribution in [0.3, 0.4) is 0 Å². The van der Waals surface area contributed by atoms with Crippen molar-refractivity contribution < 1.29 is 9.72 Å². The second-order valence-corrected chi connectivity index (χ2v) is 6.82. The van der Waals surface area contributed by atoms with Crippen LogP contribution in [0, 0.1) is 10.1 Å². The van der Waals surface area contributed by atoms with Crippen molar-refractivity contribution in [2.24, 2.45) is 0 Å². The number of rotatable bonds is 8. The summed E-state index contributed by atoms with van der Waals surface area (Å²) in [4.78, 5) is 22.5. The van der Waals surface area contributed by atoms with Gasteiger partial charge in [-0.25, -0.2) is 0 Å². The van der Waals surface area contributed by atoms with E-state index in [9.17, 15) is 14.9 Å². The predicted molar refractivity (Wildman–Crippen MR) is 102 cm³/mol. The first-order chi connectivity index (χ1) is 13.1. The normalized spacial score (nSPS) is 16.8. The number of non-ortho nitro benzene ring substituents is 1. The van der Waals surface area contributed by atoms with E-state index in [1.54, 1.807) is 18.2 Å². The molecular formula is C19H25N5O3. The van der Waals surface area contributed by atoms with Crippen molar-refractivity contribution in [2.75, 3.05) is 19.6 Å². The maximum Gasteiger partial charge on any atom is 0.271 e. The van der Waals surface area contributed by atoms with Crippen molar-refractivity contribution in [1.82, 2.24) is 20.4 Å². The molecule has 8 heteroatoms. The molecule has 144 valence electrons. The lowest BCUT2D eigenvalue weighted by molar-refractivity contribution is -0.384. The summed E-state index contributed by atoms with van der Waals surface area (Å²) in [6.07, 6.45) is 6.66. The zero-order valence-corrected chi connectivity index (χ0v) is 15.3. The van der Waals surface area contributed by atoms with E-state index in [4.69, 9.17) is 0 Å². The number of hydrogen-bond acceptors (Lipinski definition) is 5. The SMILES string of the molecule is O=C(NCCCCc1ccc([N+](=O)[O-])cc1)c1ccn(C2CCCNC2)n1. The Hall–Kier alpha value is -2.74. The average Bonchev–Trinajstić information content (AvgIpc) is 3.19. The van der Waals surface area contributed by atoms with Crippen molar-refractivity contribution in [2.45, 2.75) is 38.1 Å². The van der Waals surface area contributed by atoms with Gasteiger partial charge in [0.05, 0.1) is 11.0 Å². The summed E-state index contributed by atoms with van der Waals surface area (Å²) < 4.78 is 1.88. The van der Waals surface area contributed by atoms with Gasteiger partial charge in [-0.2, -0.15) is 5.10 Å². The molecule has 1 atom stereocenters. The van der Waals surface area contributed by atoms with Crippen LogP contribution >= 0.6 is 0 Å². The first kappa shape index (κ1) is 19.0. The van der Waals surface area contributed by atoms with Crippen molar-refractivity contribution in [3.63, 3.8) is 0 Å². The summed E-state index contributed by atoms with van der Waals surface area (Å²) in [7, 11) is 0. The Bertz CT molecular complexity index is 766. The fourth-order valence-corrected chi connectivity index (χ4v) is 3.25. The van der Waals surface area contributed by atoms with E-state index in [0.29, 0.717) is 18.3 Å². The monoisotopic (exact) mass is 371 g/mol. The first-order valence-electron chi connectivity index (χ1n) is 9.41. The summed E-state index contributed by atoms with van der Waals surface area (Å²) in [5, 5.41) is 21.3. The van der Waals surface area contributed by atoms with Crippen LogP contribution in [0.2, 0.25) is 0 Å². The second-order valence-electron chi connectivity index (χ2n) is 6.82. The molecule has 1 saturated heterocycles. The minimum Gasteiger partial charge on any atom is -0.351 e. The van der Waals surface area contributed by atoms with Gasteiger partial charge in [0.15, 0.2) is 0 Å². The lowest BCUT2D eigenvalue weighted by Crippen LogP contribution is -2.32. The van der Waals surface area contributed by atoms with Crippen LogP contribution in [0.25, 0.3) is 0 Å². The minimum absolute atomic E-state index is 0.106. The van der Waals surface area contributed by atoms with Crippen LogP contribution in [0.1, 0.15) is 47.8 Å². The van der Waals surface area contributed by atoms with Gasteiger partial charge in [0, 0.05) is 31.4 Å². The molecular weight excluding hydrogens is 346 g/mol. The number of aryl methyl sites for hydroxylation is 1. The molecule has 2 heterocycles. The molecule has 2 aromatic rings. The van der Waals surface area contributed by atoms with Crippen molar-refractivity contribution in [3.05, 3.63) is 57.9 Å². The van der Waals surface area contributed by atoms with Gasteiger partial charge in [0.1, 0.15) is 5.69 Å². The fraction of sp³-hybridized carbons (Fsp3) is 0.474. The zero-order valence-electron chi connectivity index (χ0n) is 15.3. The third kappa shape index (κ3) is 5.37. The highest BCUT2D eigenvalue weighted by Crippen LogP contribution is 2.16. The fourth-order valence-electron chi connectivity index (χ4n) is 3.25. The van der Waals surface area contributed by atoms with Crippen LogP contribution in [-0.2, 0) is 6.42 Å². The van der Waals surface area contributed by atoms with E-state index in [2.05, 4.69) is 15.7 Å². The van der Waals surface area contributed by atoms with Crippen molar-refractivity contribution >= 4 is 11.6 Å². The number of nitro benzene ring substituents is 1. The van der Waals surface area contributed by atoms with E-state index < -0.39 is 4.92 Å². The first-order valence-corrected chi connectivity index (χ1v) is 9.41. The average molecular weight is 371 g/mol. The van der Waals surface area contributed by atoms with Gasteiger partial charge in [-0.05, 0) is 50.3 Å². The molecule has 1 unspecified atom stereocenters. The summed E-state index contributed by atoms with van der Waals surface area (Å²) in [5.41, 5.74) is 1.62. The van der Waals surface area contributed by atoms with E-state index in [0.717, 1.165) is 50.8 Å². The van der Waals surface area contributed by atoms with Crippen LogP contribution in [0.15, 0.2) is 36.5 Å². The summed E-state index contributed by atoms with van der Waals surface area (Å²) >= 11 is 0. The molecule has 1 aliphatic rings. The lowest BCUT2D eigenvalue weighted by Gasteiger charge is -2.22. The van der Waals surface area contributed by atoms with Gasteiger partial charge in [-0.1, -0.05) is 12.1 Å². The Kier molecular flexibility index (Phi) is 6.54. The Labute approximate surface area is 158 Å². The minimum atomic E-state index is -0.397. The number of nitrogens with one attached hydrogen (secondary N) is 2. The number of hydrogen-bond donors (Lipinski definition) is 2. The zero-order chi connectivity index (χ0) is 19.1. The second kappa shape index (κ2) is 9.27. The van der Waals surface area contributed by atoms with Gasteiger partial charge in [-0.3, -0.25) is 19.6 Å². The number of carbonyl (C=O) groups excluding carboxylic acids is 1. The van der Waals surface area contributed by atoms with E-state index >= 15 is 0 Å². The highest BCUT2D eigenvalue weighted by Gasteiger charge is 2.17. The molecule has 0 bridgehead atoms. The van der Waals surface area contributed by atoms with E-state index in [1.165, 1.54) is 12.1 Å². The summed E-state index contributed by atoms with van der Waals surface area (Å²) in [6.45, 7) is 2.53. The summed E-state index contributed by atoms with van der Waals surface area (Å²) in [5.74, 6) is -0.146. The topological polar surface area (TPSA) is 102 Å². The standard InChI is InChI=1S/C19H25N5O3/c25-19(18-10-13-23(22-18)17-5-3-11-20-14-17)21-12-2-1-4-15-6-8-16(9-7-15)24(26)27/h6-10,13,17,20H,1-5,11-12,14H2,(H,21,25). The van der Waals surface area contributed by atoms with Gasteiger partial charge in [0.25, 0.3) is 11.6 Å². The molecule has 0 spiro atoms. The Morgan fingerprint density at radius 1 is 1.30 bits per heavy atom. The summed E-state index contributed by atoms with van der Waals surface area (Å²) in [6, 6.07) is 8.69. The molecule has 0 saturated carbocycles. The molecule has 3 rings (SSSR count). The number of nitro groups is 1. The number of nitrogens with zero attached hydrogens (tertiary/aromatic N) is 3. The van der Waals surface area contributed by atoms with E-state index in [-0.39, 0.29) is 11.6 Å². The third-order valence-electron chi connectivity index (χ3n) is 4.81. The molecule has 0 aliphatic carbocycles. The maximum absolute atomic E-state index is 12.2. The lowest BCUT2D eigenvalue weighted by atomic mass is 10.1. The highest BCUT2D eigenvalue weighted by molar-refractivity contribution is 5.92. The highest BCUT2D eigenvalue weighted by atomic mass is 16.6. The van der Waals surface area contributed by atoms with Crippen LogP contribution in [-0.4, -0.2) is 40.2 Å². The number of carbonyl (C=O) groups is 1. The number of amides is 1. The van der Waals surface area contributed by atoms with Crippen LogP contribution in [0.4, 0.5) is 5.69 Å². The molecule has 27 heavy (non-hydrogen) atoms. The van der Waals surface area contributed by atoms with E-state index in [1.807, 2.05) is 10.9 Å². The number of aromatic nitrogens is 2. The third-order valence-corrected chi connectivity index (χ3v) is 4.81. The Morgan fingerprint density at radius 3 is 2.81 bits per heavy atom. The molecule has 0 radical (unpaired) electrons. The predicted octanol–water partition coefficient (Wildman–Crippen LogP) is 2.47. The van der Waals surface area contributed by atoms with Gasteiger partial charge in [-0.15, -0.1) is 0 Å². The smallest absolute Gasteiger partial charge is 0.271 e. The van der Waals surface area contributed by atoms with Crippen LogP contribution in [0.5, 0.6) is 0 Å². The quantitative estimate of drug-likeness (QED) is 0.422. The molecule has 2 N–H and O–H groups in total. The largest absolute Gasteiger partial charge is 0.351 e. The number of piperidine rings is 1. The molecule has 1 fully saturated rings. The molecule has 1 aliphatic heterocycles. The van der Waals surface area contributed by atoms with Crippen molar-refractivity contribution in [1.29, 1.82) is 0 Å². The number of unbranched alkanes of at least 4 members (excludes halogenated alkanes) is 1. The van der Waals surface area contributed by atoms with Gasteiger partial charge in [0.2, 0.25) is 0 Å². The molecule has 8 nitrogen and oxygen atoms in total. The molecule has 1 aromatic carbocycles.